The maximum Gasteiger partial charge on any atom is 0.0956 e. The molecule has 0 amide bonds. The average Bonchev–Trinajstić information content (AvgIpc) is 3.02. The minimum Gasteiger partial charge on any atom is -0.378 e. The lowest BCUT2D eigenvalue weighted by Crippen LogP contribution is -2.14. The molecule has 1 heterocycles. The van der Waals surface area contributed by atoms with E-state index in [1.807, 2.05) is 12.5 Å². The number of aryl methyl sites for hydroxylation is 1. The van der Waals surface area contributed by atoms with Crippen molar-refractivity contribution in [1.82, 2.24) is 9.55 Å². The van der Waals surface area contributed by atoms with Crippen LogP contribution in [0.5, 0.6) is 0 Å². The molecule has 3 rings (SSSR count). The molecule has 130 valence electrons. The normalized spacial score (nSPS) is 11.0. The molecule has 2 aromatic carbocycles. The topological polar surface area (TPSA) is 24.3 Å². The fourth-order valence-electron chi connectivity index (χ4n) is 3.06. The Morgan fingerprint density at radius 3 is 1.52 bits per heavy atom. The van der Waals surface area contributed by atoms with Crippen LogP contribution in [0.3, 0.4) is 0 Å². The quantitative estimate of drug-likeness (QED) is 0.706. The van der Waals surface area contributed by atoms with E-state index in [0.29, 0.717) is 0 Å². The highest BCUT2D eigenvalue weighted by atomic mass is 15.1. The van der Waals surface area contributed by atoms with Gasteiger partial charge in [0.25, 0.3) is 0 Å². The van der Waals surface area contributed by atoms with Gasteiger partial charge in [0.05, 0.1) is 12.4 Å². The van der Waals surface area contributed by atoms with E-state index in [1.54, 1.807) is 0 Å². The van der Waals surface area contributed by atoms with Crippen LogP contribution in [0.1, 0.15) is 22.9 Å². The maximum atomic E-state index is 4.33. The molecule has 0 aliphatic heterocycles. The minimum atomic E-state index is 0.120. The van der Waals surface area contributed by atoms with Crippen molar-refractivity contribution in [3.8, 4) is 0 Å². The molecule has 0 aliphatic rings. The molecule has 0 aliphatic carbocycles. The highest BCUT2D eigenvalue weighted by Gasteiger charge is 2.18. The van der Waals surface area contributed by atoms with Crippen molar-refractivity contribution in [2.24, 2.45) is 0 Å². The lowest BCUT2D eigenvalue weighted by atomic mass is 9.97. The van der Waals surface area contributed by atoms with Crippen molar-refractivity contribution in [1.29, 1.82) is 0 Å². The van der Waals surface area contributed by atoms with Gasteiger partial charge in [0.15, 0.2) is 0 Å². The molecule has 4 nitrogen and oxygen atoms in total. The fourth-order valence-corrected chi connectivity index (χ4v) is 3.06. The van der Waals surface area contributed by atoms with Crippen molar-refractivity contribution in [3.63, 3.8) is 0 Å². The van der Waals surface area contributed by atoms with Gasteiger partial charge in [-0.25, -0.2) is 4.98 Å². The molecule has 0 saturated carbocycles. The summed E-state index contributed by atoms with van der Waals surface area (Å²) >= 11 is 0. The van der Waals surface area contributed by atoms with E-state index in [-0.39, 0.29) is 6.04 Å². The van der Waals surface area contributed by atoms with Crippen molar-refractivity contribution in [2.45, 2.75) is 13.0 Å². The molecular formula is C21H26N4. The van der Waals surface area contributed by atoms with Crippen LogP contribution in [0.15, 0.2) is 61.1 Å². The van der Waals surface area contributed by atoms with Crippen molar-refractivity contribution >= 4 is 11.4 Å². The van der Waals surface area contributed by atoms with Gasteiger partial charge >= 0.3 is 0 Å². The number of rotatable bonds is 5. The molecule has 0 radical (unpaired) electrons. The van der Waals surface area contributed by atoms with Crippen LogP contribution >= 0.6 is 0 Å². The van der Waals surface area contributed by atoms with Gasteiger partial charge in [-0.05, 0) is 42.3 Å². The Morgan fingerprint density at radius 2 is 1.20 bits per heavy atom. The predicted octanol–water partition coefficient (Wildman–Crippen LogP) is 3.96. The number of hydrogen-bond acceptors (Lipinski definition) is 3. The molecule has 0 spiro atoms. The Labute approximate surface area is 150 Å². The Kier molecular flexibility index (Phi) is 4.79. The van der Waals surface area contributed by atoms with E-state index in [4.69, 9.17) is 0 Å². The third kappa shape index (κ3) is 3.53. The Morgan fingerprint density at radius 1 is 0.760 bits per heavy atom. The molecule has 0 unspecified atom stereocenters. The maximum absolute atomic E-state index is 4.33. The lowest BCUT2D eigenvalue weighted by molar-refractivity contribution is 0.658. The van der Waals surface area contributed by atoms with E-state index >= 15 is 0 Å². The first-order valence-corrected chi connectivity index (χ1v) is 8.50. The van der Waals surface area contributed by atoms with Gasteiger partial charge < -0.3 is 14.4 Å². The number of anilines is 2. The highest BCUT2D eigenvalue weighted by molar-refractivity contribution is 5.50. The summed E-state index contributed by atoms with van der Waals surface area (Å²) in [6, 6.07) is 17.6. The van der Waals surface area contributed by atoms with Crippen molar-refractivity contribution in [3.05, 3.63) is 77.9 Å². The van der Waals surface area contributed by atoms with Crippen LogP contribution in [0.4, 0.5) is 11.4 Å². The summed E-state index contributed by atoms with van der Waals surface area (Å²) in [5.74, 6) is 0. The second kappa shape index (κ2) is 7.01. The zero-order chi connectivity index (χ0) is 18.0. The van der Waals surface area contributed by atoms with Crippen LogP contribution in [0, 0.1) is 6.92 Å². The third-order valence-electron chi connectivity index (χ3n) is 4.59. The van der Waals surface area contributed by atoms with Crippen LogP contribution in [-0.4, -0.2) is 37.7 Å². The van der Waals surface area contributed by atoms with E-state index in [1.165, 1.54) is 22.5 Å². The minimum absolute atomic E-state index is 0.120. The fraction of sp³-hybridized carbons (Fsp3) is 0.286. The third-order valence-corrected chi connectivity index (χ3v) is 4.59. The smallest absolute Gasteiger partial charge is 0.0956 e. The molecule has 0 atom stereocenters. The standard InChI is InChI=1S/C21H26N4/c1-16-14-22-15-25(16)21(17-6-10-19(11-7-17)23(2)3)18-8-12-20(13-9-18)24(4)5/h6-15,21H,1-5H3. The Balaban J connectivity index is 2.05. The molecule has 0 fully saturated rings. The van der Waals surface area contributed by atoms with Gasteiger partial charge in [0.1, 0.15) is 0 Å². The first-order chi connectivity index (χ1) is 12.0. The van der Waals surface area contributed by atoms with Crippen LogP contribution in [-0.2, 0) is 0 Å². The van der Waals surface area contributed by atoms with Gasteiger partial charge in [-0.1, -0.05) is 24.3 Å². The molecule has 0 bridgehead atoms. The van der Waals surface area contributed by atoms with Gasteiger partial charge in [-0.2, -0.15) is 0 Å². The zero-order valence-corrected chi connectivity index (χ0v) is 15.6. The summed E-state index contributed by atoms with van der Waals surface area (Å²) < 4.78 is 2.23. The SMILES string of the molecule is Cc1cncn1C(c1ccc(N(C)C)cc1)c1ccc(N(C)C)cc1. The number of aromatic nitrogens is 2. The van der Waals surface area contributed by atoms with Gasteiger partial charge in [-0.15, -0.1) is 0 Å². The largest absolute Gasteiger partial charge is 0.378 e. The molecule has 3 aromatic rings. The monoisotopic (exact) mass is 334 g/mol. The molecule has 0 N–H and O–H groups in total. The van der Waals surface area contributed by atoms with E-state index in [0.717, 1.165) is 5.69 Å². The average molecular weight is 334 g/mol. The van der Waals surface area contributed by atoms with Crippen LogP contribution in [0.25, 0.3) is 0 Å². The van der Waals surface area contributed by atoms with Crippen molar-refractivity contribution < 1.29 is 0 Å². The second-order valence-electron chi connectivity index (χ2n) is 6.82. The summed E-state index contributed by atoms with van der Waals surface area (Å²) in [5.41, 5.74) is 6.06. The highest BCUT2D eigenvalue weighted by Crippen LogP contribution is 2.30. The summed E-state index contributed by atoms with van der Waals surface area (Å²) in [5, 5.41) is 0. The number of imidazole rings is 1. The Hall–Kier alpha value is -2.75. The zero-order valence-electron chi connectivity index (χ0n) is 15.6. The lowest BCUT2D eigenvalue weighted by Gasteiger charge is -2.23. The summed E-state index contributed by atoms with van der Waals surface area (Å²) in [7, 11) is 8.25. The molecule has 4 heteroatoms. The van der Waals surface area contributed by atoms with Crippen molar-refractivity contribution in [2.75, 3.05) is 38.0 Å². The number of benzene rings is 2. The molecule has 25 heavy (non-hydrogen) atoms. The van der Waals surface area contributed by atoms with Crippen LogP contribution in [0.2, 0.25) is 0 Å². The predicted molar refractivity (Wildman–Crippen MR) is 106 cm³/mol. The second-order valence-corrected chi connectivity index (χ2v) is 6.82. The number of hydrogen-bond donors (Lipinski definition) is 0. The van der Waals surface area contributed by atoms with E-state index < -0.39 is 0 Å². The number of nitrogens with zero attached hydrogens (tertiary/aromatic N) is 4. The first kappa shape index (κ1) is 17.1. The summed E-state index contributed by atoms with van der Waals surface area (Å²) in [4.78, 5) is 8.57. The Bertz CT molecular complexity index is 762. The van der Waals surface area contributed by atoms with E-state index in [9.17, 15) is 0 Å². The first-order valence-electron chi connectivity index (χ1n) is 8.50. The molecule has 1 aromatic heterocycles. The van der Waals surface area contributed by atoms with E-state index in [2.05, 4.69) is 103 Å². The molecular weight excluding hydrogens is 308 g/mol. The summed E-state index contributed by atoms with van der Waals surface area (Å²) in [6.45, 7) is 2.10. The van der Waals surface area contributed by atoms with Crippen LogP contribution < -0.4 is 9.80 Å². The van der Waals surface area contributed by atoms with Gasteiger partial charge in [0, 0.05) is 51.5 Å². The van der Waals surface area contributed by atoms with Gasteiger partial charge in [0.2, 0.25) is 0 Å². The summed E-state index contributed by atoms with van der Waals surface area (Å²) in [6.07, 6.45) is 3.83. The van der Waals surface area contributed by atoms with Gasteiger partial charge in [-0.3, -0.25) is 0 Å². The molecule has 0 saturated heterocycles.